The van der Waals surface area contributed by atoms with E-state index in [1.165, 1.54) is 28.3 Å². The highest BCUT2D eigenvalue weighted by molar-refractivity contribution is 6.15. The lowest BCUT2D eigenvalue weighted by Crippen LogP contribution is -2.31. The molecule has 0 saturated heterocycles. The minimum atomic E-state index is -1.41. The smallest absolute Gasteiger partial charge is 0.308 e. The second-order valence-electron chi connectivity index (χ2n) is 7.19. The number of phenolic OH excluding ortho intramolecular Hbond substituents is 2. The number of carbonyl (C=O) groups is 1. The third-order valence-corrected chi connectivity index (χ3v) is 4.98. The number of fused-ring (bicyclic) bond motifs is 2. The summed E-state index contributed by atoms with van der Waals surface area (Å²) in [7, 11) is 4.22. The Balaban J connectivity index is 2.27. The maximum absolute atomic E-state index is 11.6. The molecule has 154 valence electrons. The van der Waals surface area contributed by atoms with Crippen molar-refractivity contribution in [2.24, 2.45) is 0 Å². The minimum absolute atomic E-state index is 0.0212. The molecule has 3 rings (SSSR count). The topological polar surface area (TPSA) is 105 Å². The highest BCUT2D eigenvalue weighted by Gasteiger charge is 2.28. The second-order valence-corrected chi connectivity index (χ2v) is 7.19. The quantitative estimate of drug-likeness (QED) is 0.431. The summed E-state index contributed by atoms with van der Waals surface area (Å²) < 4.78 is 15.8. The Morgan fingerprint density at radius 3 is 2.21 bits per heavy atom. The highest BCUT2D eigenvalue weighted by atomic mass is 16.5. The molecule has 0 radical (unpaired) electrons. The Bertz CT molecular complexity index is 1090. The summed E-state index contributed by atoms with van der Waals surface area (Å²) in [6, 6.07) is 8.36. The van der Waals surface area contributed by atoms with E-state index in [1.54, 1.807) is 30.3 Å². The van der Waals surface area contributed by atoms with Crippen LogP contribution in [0.3, 0.4) is 0 Å². The van der Waals surface area contributed by atoms with Crippen LogP contribution in [-0.2, 0) is 16.0 Å². The first kappa shape index (κ1) is 20.5. The van der Waals surface area contributed by atoms with Crippen LogP contribution in [0.5, 0.6) is 23.0 Å². The number of ether oxygens (including phenoxy) is 3. The number of hydrogen-bond donors (Lipinski definition) is 3. The van der Waals surface area contributed by atoms with Crippen LogP contribution in [-0.4, -0.2) is 48.2 Å². The molecule has 3 aromatic carbocycles. The van der Waals surface area contributed by atoms with Crippen molar-refractivity contribution in [2.75, 3.05) is 21.3 Å². The van der Waals surface area contributed by atoms with E-state index in [9.17, 15) is 20.1 Å². The number of hydrogen-bond acceptors (Lipinski definition) is 7. The van der Waals surface area contributed by atoms with Crippen LogP contribution in [0, 0.1) is 0 Å². The van der Waals surface area contributed by atoms with Gasteiger partial charge in [0.1, 0.15) is 23.0 Å². The van der Waals surface area contributed by atoms with E-state index in [-0.39, 0.29) is 24.3 Å². The maximum Gasteiger partial charge on any atom is 0.308 e. The van der Waals surface area contributed by atoms with E-state index in [1.807, 2.05) is 0 Å². The summed E-state index contributed by atoms with van der Waals surface area (Å²) >= 11 is 0. The first-order chi connectivity index (χ1) is 13.7. The fourth-order valence-electron chi connectivity index (χ4n) is 3.71. The molecule has 3 aromatic rings. The number of carbonyl (C=O) groups excluding carboxylic acids is 1. The molecule has 3 N–H and O–H groups in total. The average molecular weight is 400 g/mol. The van der Waals surface area contributed by atoms with Crippen molar-refractivity contribution in [3.63, 3.8) is 0 Å². The first-order valence-electron chi connectivity index (χ1n) is 9.03. The number of benzene rings is 3. The molecular weight excluding hydrogens is 376 g/mol. The van der Waals surface area contributed by atoms with Gasteiger partial charge in [-0.15, -0.1) is 0 Å². The van der Waals surface area contributed by atoms with Gasteiger partial charge in [0.05, 0.1) is 44.1 Å². The molecule has 29 heavy (non-hydrogen) atoms. The fourth-order valence-corrected chi connectivity index (χ4v) is 3.71. The number of methoxy groups -OCH3 is 3. The van der Waals surface area contributed by atoms with Crippen molar-refractivity contribution in [3.05, 3.63) is 35.9 Å². The Morgan fingerprint density at radius 1 is 0.966 bits per heavy atom. The molecule has 1 atom stereocenters. The molecule has 0 spiro atoms. The van der Waals surface area contributed by atoms with Crippen molar-refractivity contribution >= 4 is 27.5 Å². The Kier molecular flexibility index (Phi) is 5.44. The normalized spacial score (nSPS) is 13.3. The minimum Gasteiger partial charge on any atom is -0.507 e. The zero-order valence-corrected chi connectivity index (χ0v) is 16.8. The summed E-state index contributed by atoms with van der Waals surface area (Å²) in [4.78, 5) is 11.6. The molecule has 0 aliphatic carbocycles. The van der Waals surface area contributed by atoms with Gasteiger partial charge >= 0.3 is 5.97 Å². The molecule has 0 heterocycles. The van der Waals surface area contributed by atoms with Gasteiger partial charge in [0.15, 0.2) is 0 Å². The zero-order chi connectivity index (χ0) is 21.3. The summed E-state index contributed by atoms with van der Waals surface area (Å²) in [5.74, 6) is 0.170. The van der Waals surface area contributed by atoms with Crippen molar-refractivity contribution in [1.82, 2.24) is 0 Å². The van der Waals surface area contributed by atoms with Gasteiger partial charge in [-0.1, -0.05) is 18.2 Å². The van der Waals surface area contributed by atoms with Gasteiger partial charge in [0, 0.05) is 17.2 Å². The van der Waals surface area contributed by atoms with Gasteiger partial charge in [-0.3, -0.25) is 4.79 Å². The van der Waals surface area contributed by atoms with Gasteiger partial charge in [-0.05, 0) is 24.6 Å². The lowest BCUT2D eigenvalue weighted by Gasteiger charge is -2.23. The number of aliphatic hydroxyl groups is 1. The van der Waals surface area contributed by atoms with E-state index in [4.69, 9.17) is 9.47 Å². The number of rotatable bonds is 6. The van der Waals surface area contributed by atoms with Crippen LogP contribution in [0.2, 0.25) is 0 Å². The summed E-state index contributed by atoms with van der Waals surface area (Å²) in [5, 5.41) is 34.0. The molecule has 0 saturated carbocycles. The molecule has 0 aliphatic heterocycles. The van der Waals surface area contributed by atoms with Crippen LogP contribution < -0.4 is 9.47 Å². The maximum atomic E-state index is 11.6. The van der Waals surface area contributed by atoms with E-state index < -0.39 is 11.6 Å². The van der Waals surface area contributed by atoms with Crippen molar-refractivity contribution in [2.45, 2.75) is 25.4 Å². The molecule has 0 fully saturated rings. The SMILES string of the molecule is COC(=O)C[C@](C)(O)Cc1ccc2c(OC)c3c(O)cccc3c(OC)c2c1O. The van der Waals surface area contributed by atoms with Crippen LogP contribution in [0.15, 0.2) is 30.3 Å². The lowest BCUT2D eigenvalue weighted by atomic mass is 9.90. The molecule has 0 bridgehead atoms. The van der Waals surface area contributed by atoms with Gasteiger partial charge in [0.2, 0.25) is 0 Å². The van der Waals surface area contributed by atoms with E-state index in [0.717, 1.165) is 0 Å². The molecule has 0 unspecified atom stereocenters. The van der Waals surface area contributed by atoms with Crippen molar-refractivity contribution < 1.29 is 34.3 Å². The first-order valence-corrected chi connectivity index (χ1v) is 9.03. The zero-order valence-electron chi connectivity index (χ0n) is 16.8. The molecule has 0 aromatic heterocycles. The Morgan fingerprint density at radius 2 is 1.59 bits per heavy atom. The van der Waals surface area contributed by atoms with Crippen LogP contribution in [0.1, 0.15) is 18.9 Å². The van der Waals surface area contributed by atoms with E-state index in [0.29, 0.717) is 38.6 Å². The predicted octanol–water partition coefficient (Wildman–Crippen LogP) is 3.28. The van der Waals surface area contributed by atoms with Gasteiger partial charge in [-0.25, -0.2) is 0 Å². The summed E-state index contributed by atoms with van der Waals surface area (Å²) in [6.07, 6.45) is -0.194. The third-order valence-electron chi connectivity index (χ3n) is 4.98. The largest absolute Gasteiger partial charge is 0.507 e. The number of aromatic hydroxyl groups is 2. The monoisotopic (exact) mass is 400 g/mol. The Labute approximate surface area is 168 Å². The van der Waals surface area contributed by atoms with Crippen molar-refractivity contribution in [3.8, 4) is 23.0 Å². The van der Waals surface area contributed by atoms with Gasteiger partial charge in [0.25, 0.3) is 0 Å². The summed E-state index contributed by atoms with van der Waals surface area (Å²) in [5.41, 5.74) is -0.976. The summed E-state index contributed by atoms with van der Waals surface area (Å²) in [6.45, 7) is 1.50. The predicted molar refractivity (Wildman–Crippen MR) is 109 cm³/mol. The van der Waals surface area contributed by atoms with Crippen LogP contribution in [0.25, 0.3) is 21.5 Å². The van der Waals surface area contributed by atoms with Crippen molar-refractivity contribution in [1.29, 1.82) is 0 Å². The number of phenols is 2. The Hall–Kier alpha value is -3.19. The van der Waals surface area contributed by atoms with E-state index in [2.05, 4.69) is 4.74 Å². The van der Waals surface area contributed by atoms with E-state index >= 15 is 0 Å². The van der Waals surface area contributed by atoms with Crippen LogP contribution >= 0.6 is 0 Å². The molecule has 0 aliphatic rings. The van der Waals surface area contributed by atoms with Gasteiger partial charge < -0.3 is 29.5 Å². The number of esters is 1. The average Bonchev–Trinajstić information content (AvgIpc) is 2.68. The molecule has 0 amide bonds. The lowest BCUT2D eigenvalue weighted by molar-refractivity contribution is -0.145. The van der Waals surface area contributed by atoms with Gasteiger partial charge in [-0.2, -0.15) is 0 Å². The van der Waals surface area contributed by atoms with Crippen LogP contribution in [0.4, 0.5) is 0 Å². The standard InChI is InChI=1S/C22H24O7/c1-22(26,11-16(24)27-2)10-12-8-9-14-18(19(12)25)21(29-4)13-6-5-7-15(23)17(13)20(14)28-3/h5-9,23,25-26H,10-11H2,1-4H3/t22-/m1/s1. The molecule has 7 heteroatoms. The molecular formula is C22H24O7. The highest BCUT2D eigenvalue weighted by Crippen LogP contribution is 2.49. The molecule has 7 nitrogen and oxygen atoms in total. The third kappa shape index (κ3) is 3.61. The fraction of sp³-hybridized carbons (Fsp3) is 0.318. The second kappa shape index (κ2) is 7.67.